The molecule has 1 aromatic rings. The highest BCUT2D eigenvalue weighted by Gasteiger charge is 1.94. The second-order valence-electron chi connectivity index (χ2n) is 2.07. The number of halogens is 1. The van der Waals surface area contributed by atoms with Crippen molar-refractivity contribution in [2.45, 2.75) is 0 Å². The van der Waals surface area contributed by atoms with Crippen LogP contribution in [0.3, 0.4) is 0 Å². The third-order valence-electron chi connectivity index (χ3n) is 1.21. The first-order valence-corrected chi connectivity index (χ1v) is 3.58. The van der Waals surface area contributed by atoms with Crippen LogP contribution in [-0.2, 0) is 4.79 Å². The van der Waals surface area contributed by atoms with Crippen molar-refractivity contribution in [2.24, 2.45) is 0 Å². The Morgan fingerprint density at radius 2 is 2.42 bits per heavy atom. The number of hydrogen-bond acceptors (Lipinski definition) is 2. The molecule has 0 aromatic carbocycles. The second-order valence-corrected chi connectivity index (χ2v) is 2.48. The molecule has 0 spiro atoms. The largest absolute Gasteiger partial charge is 0.478 e. The second kappa shape index (κ2) is 3.88. The molecule has 0 fully saturated rings. The molecule has 0 bridgehead atoms. The Hall–Kier alpha value is -1.35. The molecular weight excluding hydrogens is 178 g/mol. The normalized spacial score (nSPS) is 10.4. The lowest BCUT2D eigenvalue weighted by molar-refractivity contribution is -0.131. The van der Waals surface area contributed by atoms with Crippen LogP contribution in [0.25, 0.3) is 6.08 Å². The van der Waals surface area contributed by atoms with Gasteiger partial charge in [0.15, 0.2) is 0 Å². The third-order valence-corrected chi connectivity index (χ3v) is 1.53. The number of aromatic nitrogens is 1. The highest BCUT2D eigenvalue weighted by molar-refractivity contribution is 6.32. The summed E-state index contributed by atoms with van der Waals surface area (Å²) >= 11 is 5.70. The van der Waals surface area contributed by atoms with Crippen molar-refractivity contribution in [1.82, 2.24) is 4.98 Å². The average Bonchev–Trinajstić information content (AvgIpc) is 2.03. The van der Waals surface area contributed by atoms with Gasteiger partial charge in [0.25, 0.3) is 0 Å². The van der Waals surface area contributed by atoms with E-state index in [1.165, 1.54) is 12.3 Å². The number of hydrogen-bond donors (Lipinski definition) is 1. The van der Waals surface area contributed by atoms with Gasteiger partial charge >= 0.3 is 5.97 Å². The number of nitrogens with zero attached hydrogens (tertiary/aromatic N) is 1. The van der Waals surface area contributed by atoms with Crippen molar-refractivity contribution in [3.63, 3.8) is 0 Å². The number of carboxylic acid groups (broad SMARTS) is 1. The summed E-state index contributed by atoms with van der Waals surface area (Å²) in [6.45, 7) is 0. The third kappa shape index (κ3) is 2.36. The van der Waals surface area contributed by atoms with Crippen molar-refractivity contribution in [3.8, 4) is 0 Å². The predicted octanol–water partition coefficient (Wildman–Crippen LogP) is 1.83. The maximum atomic E-state index is 10.1. The fraction of sp³-hybridized carbons (Fsp3) is 0. The van der Waals surface area contributed by atoms with Gasteiger partial charge in [0, 0.05) is 18.5 Å². The van der Waals surface area contributed by atoms with Crippen molar-refractivity contribution in [1.29, 1.82) is 0 Å². The molecule has 4 heteroatoms. The van der Waals surface area contributed by atoms with Crippen LogP contribution in [0.2, 0.25) is 5.02 Å². The first-order valence-electron chi connectivity index (χ1n) is 3.20. The van der Waals surface area contributed by atoms with Crippen LogP contribution in [0.1, 0.15) is 5.56 Å². The Morgan fingerprint density at radius 3 is 3.00 bits per heavy atom. The summed E-state index contributed by atoms with van der Waals surface area (Å²) in [6, 6.07) is 1.64. The Balaban J connectivity index is 2.89. The topological polar surface area (TPSA) is 50.2 Å². The number of pyridine rings is 1. The van der Waals surface area contributed by atoms with E-state index in [1.54, 1.807) is 12.3 Å². The molecule has 0 aliphatic heterocycles. The molecule has 0 unspecified atom stereocenters. The van der Waals surface area contributed by atoms with E-state index in [4.69, 9.17) is 16.7 Å². The van der Waals surface area contributed by atoms with Gasteiger partial charge in [0.1, 0.15) is 0 Å². The Morgan fingerprint density at radius 1 is 1.67 bits per heavy atom. The standard InChI is InChI=1S/C8H6ClNO2/c9-7-5-10-4-3-6(7)1-2-8(11)12/h1-5H,(H,11,12). The van der Waals surface area contributed by atoms with Gasteiger partial charge in [-0.05, 0) is 17.7 Å². The zero-order valence-electron chi connectivity index (χ0n) is 6.07. The summed E-state index contributed by atoms with van der Waals surface area (Å²) < 4.78 is 0. The van der Waals surface area contributed by atoms with Gasteiger partial charge in [0.05, 0.1) is 5.02 Å². The summed E-state index contributed by atoms with van der Waals surface area (Å²) in [4.78, 5) is 13.9. The van der Waals surface area contributed by atoms with Crippen LogP contribution >= 0.6 is 11.6 Å². The van der Waals surface area contributed by atoms with Crippen molar-refractivity contribution in [3.05, 3.63) is 35.1 Å². The maximum Gasteiger partial charge on any atom is 0.328 e. The molecule has 0 radical (unpaired) electrons. The van der Waals surface area contributed by atoms with E-state index in [0.29, 0.717) is 10.6 Å². The maximum absolute atomic E-state index is 10.1. The van der Waals surface area contributed by atoms with Crippen LogP contribution in [0, 0.1) is 0 Å². The number of carboxylic acids is 1. The van der Waals surface area contributed by atoms with Gasteiger partial charge < -0.3 is 5.11 Å². The molecular formula is C8H6ClNO2. The summed E-state index contributed by atoms with van der Waals surface area (Å²) in [5.74, 6) is -0.997. The van der Waals surface area contributed by atoms with Crippen LogP contribution in [-0.4, -0.2) is 16.1 Å². The molecule has 0 aliphatic rings. The van der Waals surface area contributed by atoms with E-state index in [0.717, 1.165) is 6.08 Å². The highest BCUT2D eigenvalue weighted by Crippen LogP contribution is 2.14. The fourth-order valence-corrected chi connectivity index (χ4v) is 0.865. The van der Waals surface area contributed by atoms with Gasteiger partial charge in [-0.25, -0.2) is 4.79 Å². The van der Waals surface area contributed by atoms with Gasteiger partial charge in [-0.2, -0.15) is 0 Å². The molecule has 1 rings (SSSR count). The summed E-state index contributed by atoms with van der Waals surface area (Å²) in [5, 5.41) is 8.76. The number of carbonyl (C=O) groups is 1. The fourth-order valence-electron chi connectivity index (χ4n) is 0.682. The molecule has 0 atom stereocenters. The monoisotopic (exact) mass is 183 g/mol. The molecule has 1 aromatic heterocycles. The summed E-state index contributed by atoms with van der Waals surface area (Å²) in [5.41, 5.74) is 0.647. The van der Waals surface area contributed by atoms with E-state index in [1.807, 2.05) is 0 Å². The highest BCUT2D eigenvalue weighted by atomic mass is 35.5. The minimum Gasteiger partial charge on any atom is -0.478 e. The van der Waals surface area contributed by atoms with E-state index in [2.05, 4.69) is 4.98 Å². The lowest BCUT2D eigenvalue weighted by Gasteiger charge is -1.93. The summed E-state index contributed by atoms with van der Waals surface area (Å²) in [7, 11) is 0. The Labute approximate surface area is 74.3 Å². The van der Waals surface area contributed by atoms with Crippen molar-refractivity contribution < 1.29 is 9.90 Å². The first-order chi connectivity index (χ1) is 5.70. The zero-order chi connectivity index (χ0) is 8.97. The Kier molecular flexibility index (Phi) is 2.82. The lowest BCUT2D eigenvalue weighted by Crippen LogP contribution is -1.86. The molecule has 0 saturated carbocycles. The first kappa shape index (κ1) is 8.74. The summed E-state index contributed by atoms with van der Waals surface area (Å²) in [6.07, 6.45) is 5.46. The molecule has 0 saturated heterocycles. The van der Waals surface area contributed by atoms with E-state index in [-0.39, 0.29) is 0 Å². The predicted molar refractivity (Wildman–Crippen MR) is 45.9 cm³/mol. The van der Waals surface area contributed by atoms with E-state index >= 15 is 0 Å². The lowest BCUT2D eigenvalue weighted by atomic mass is 10.2. The molecule has 62 valence electrons. The van der Waals surface area contributed by atoms with Crippen LogP contribution in [0.4, 0.5) is 0 Å². The number of aliphatic carboxylic acids is 1. The van der Waals surface area contributed by atoms with Gasteiger partial charge in [-0.1, -0.05) is 11.6 Å². The average molecular weight is 184 g/mol. The zero-order valence-corrected chi connectivity index (χ0v) is 6.82. The SMILES string of the molecule is O=C(O)C=Cc1ccncc1Cl. The molecule has 0 amide bonds. The Bertz CT molecular complexity index is 323. The van der Waals surface area contributed by atoms with Crippen LogP contribution in [0.15, 0.2) is 24.5 Å². The molecule has 0 aliphatic carbocycles. The van der Waals surface area contributed by atoms with E-state index < -0.39 is 5.97 Å². The molecule has 12 heavy (non-hydrogen) atoms. The van der Waals surface area contributed by atoms with Gasteiger partial charge in [-0.3, -0.25) is 4.98 Å². The molecule has 3 nitrogen and oxygen atoms in total. The minimum atomic E-state index is -0.997. The van der Waals surface area contributed by atoms with Crippen molar-refractivity contribution in [2.75, 3.05) is 0 Å². The van der Waals surface area contributed by atoms with E-state index in [9.17, 15) is 4.79 Å². The minimum absolute atomic E-state index is 0.440. The molecule has 1 heterocycles. The van der Waals surface area contributed by atoms with Crippen LogP contribution < -0.4 is 0 Å². The van der Waals surface area contributed by atoms with Crippen molar-refractivity contribution >= 4 is 23.6 Å². The smallest absolute Gasteiger partial charge is 0.328 e. The van der Waals surface area contributed by atoms with Gasteiger partial charge in [0.2, 0.25) is 0 Å². The van der Waals surface area contributed by atoms with Gasteiger partial charge in [-0.15, -0.1) is 0 Å². The quantitative estimate of drug-likeness (QED) is 0.712. The van der Waals surface area contributed by atoms with Crippen LogP contribution in [0.5, 0.6) is 0 Å². The number of rotatable bonds is 2. The molecule has 1 N–H and O–H groups in total.